The maximum atomic E-state index is 13.5. The number of carbonyl (C=O) groups excluding carboxylic acids is 1. The topological polar surface area (TPSA) is 105 Å². The minimum Gasteiger partial charge on any atom is -0.434 e. The molecule has 180 valence electrons. The second-order valence-electron chi connectivity index (χ2n) is 7.34. The Morgan fingerprint density at radius 1 is 1.12 bits per heavy atom. The van der Waals surface area contributed by atoms with Crippen molar-refractivity contribution in [2.75, 3.05) is 11.6 Å². The minimum atomic E-state index is -4.89. The van der Waals surface area contributed by atoms with Gasteiger partial charge in [-0.05, 0) is 55.3 Å². The first-order valence-electron chi connectivity index (χ1n) is 9.41. The van der Waals surface area contributed by atoms with Crippen LogP contribution in [0.3, 0.4) is 0 Å². The van der Waals surface area contributed by atoms with Crippen LogP contribution in [-0.2, 0) is 15.9 Å². The lowest BCUT2D eigenvalue weighted by Crippen LogP contribution is -2.21. The molecule has 0 bridgehead atoms. The van der Waals surface area contributed by atoms with E-state index in [1.165, 1.54) is 42.7 Å². The van der Waals surface area contributed by atoms with E-state index < -0.39 is 44.5 Å². The molecule has 0 aliphatic carbocycles. The highest BCUT2D eigenvalue weighted by Gasteiger charge is 2.38. The second-order valence-corrected chi connectivity index (χ2v) is 10.3. The van der Waals surface area contributed by atoms with Crippen molar-refractivity contribution in [3.63, 3.8) is 0 Å². The van der Waals surface area contributed by atoms with Crippen LogP contribution in [0.2, 0.25) is 10.0 Å². The lowest BCUT2D eigenvalue weighted by molar-refractivity contribution is -0.142. The number of benzene rings is 2. The predicted octanol–water partition coefficient (Wildman–Crippen LogP) is 6.50. The zero-order chi connectivity index (χ0) is 25.4. The highest BCUT2D eigenvalue weighted by atomic mass is 35.5. The molecule has 2 N–H and O–H groups in total. The Balaban J connectivity index is 2.11. The maximum absolute atomic E-state index is 13.5. The summed E-state index contributed by atoms with van der Waals surface area (Å²) in [5, 5.41) is 9.20. The van der Waals surface area contributed by atoms with Crippen LogP contribution >= 0.6 is 23.2 Å². The van der Waals surface area contributed by atoms with E-state index in [-0.39, 0.29) is 26.4 Å². The molecule has 0 saturated carbocycles. The number of nitrogens with zero attached hydrogens (tertiary/aromatic N) is 2. The van der Waals surface area contributed by atoms with Crippen molar-refractivity contribution in [2.24, 2.45) is 0 Å². The van der Waals surface area contributed by atoms with Gasteiger partial charge in [0.25, 0.3) is 11.8 Å². The van der Waals surface area contributed by atoms with Crippen LogP contribution in [0.4, 0.5) is 18.9 Å². The van der Waals surface area contributed by atoms with Gasteiger partial charge >= 0.3 is 6.18 Å². The summed E-state index contributed by atoms with van der Waals surface area (Å²) in [5.41, 5.74) is -1.65. The molecule has 0 aliphatic rings. The number of amides is 1. The van der Waals surface area contributed by atoms with E-state index >= 15 is 0 Å². The van der Waals surface area contributed by atoms with Crippen molar-refractivity contribution in [2.45, 2.75) is 24.9 Å². The fraction of sp³-hybridized carbons (Fsp3) is 0.190. The van der Waals surface area contributed by atoms with Crippen LogP contribution in [0.1, 0.15) is 27.2 Å². The third kappa shape index (κ3) is 5.60. The van der Waals surface area contributed by atoms with Crippen molar-refractivity contribution in [1.82, 2.24) is 10.2 Å². The first-order valence-corrected chi connectivity index (χ1v) is 12.1. The van der Waals surface area contributed by atoms with Crippen molar-refractivity contribution in [3.8, 4) is 11.6 Å². The zero-order valence-electron chi connectivity index (χ0n) is 17.9. The summed E-state index contributed by atoms with van der Waals surface area (Å²) in [7, 11) is -3.10. The van der Waals surface area contributed by atoms with Gasteiger partial charge in [-0.15, -0.1) is 10.2 Å². The van der Waals surface area contributed by atoms with Gasteiger partial charge in [0.2, 0.25) is 0 Å². The van der Waals surface area contributed by atoms with Gasteiger partial charge in [0, 0.05) is 16.8 Å². The number of hydrogen-bond donors (Lipinski definition) is 2. The molecule has 7 nitrogen and oxygen atoms in total. The van der Waals surface area contributed by atoms with Gasteiger partial charge in [-0.25, -0.2) is 8.99 Å². The van der Waals surface area contributed by atoms with E-state index in [1.54, 1.807) is 6.92 Å². The van der Waals surface area contributed by atoms with E-state index in [0.29, 0.717) is 5.56 Å². The van der Waals surface area contributed by atoms with Gasteiger partial charge in [0.05, 0.1) is 19.8 Å². The van der Waals surface area contributed by atoms with E-state index in [9.17, 15) is 22.2 Å². The van der Waals surface area contributed by atoms with Crippen molar-refractivity contribution >= 4 is 44.5 Å². The van der Waals surface area contributed by atoms with Crippen LogP contribution < -0.4 is 10.1 Å². The smallest absolute Gasteiger partial charge is 0.434 e. The molecule has 1 aromatic heterocycles. The number of hydrogen-bond acceptors (Lipinski definition) is 6. The molecule has 1 unspecified atom stereocenters. The summed E-state index contributed by atoms with van der Waals surface area (Å²) in [6.07, 6.45) is -3.69. The summed E-state index contributed by atoms with van der Waals surface area (Å²) in [6.45, 7) is 2.78. The molecule has 0 saturated heterocycles. The number of carbonyl (C=O) groups is 1. The number of aromatic nitrogens is 2. The molecule has 1 amide bonds. The molecule has 0 aliphatic heterocycles. The van der Waals surface area contributed by atoms with Crippen LogP contribution in [0, 0.1) is 18.6 Å². The summed E-state index contributed by atoms with van der Waals surface area (Å²) >= 11 is 12.3. The highest BCUT2D eigenvalue weighted by molar-refractivity contribution is 7.91. The molecule has 3 rings (SSSR count). The number of halogens is 5. The number of ether oxygens (including phenoxy) is 1. The average Bonchev–Trinajstić information content (AvgIpc) is 2.69. The quantitative estimate of drug-likeness (QED) is 0.390. The molecule has 1 heterocycles. The molecule has 34 heavy (non-hydrogen) atoms. The minimum absolute atomic E-state index is 0.0524. The molecule has 2 aromatic carbocycles. The van der Waals surface area contributed by atoms with E-state index in [1.807, 2.05) is 0 Å². The van der Waals surface area contributed by atoms with Crippen molar-refractivity contribution < 1.29 is 26.9 Å². The third-order valence-electron chi connectivity index (χ3n) is 4.56. The number of aryl methyl sites for hydroxylation is 1. The second kappa shape index (κ2) is 9.40. The largest absolute Gasteiger partial charge is 0.435 e. The normalized spacial score (nSPS) is 13.3. The van der Waals surface area contributed by atoms with Gasteiger partial charge in [-0.2, -0.15) is 13.2 Å². The Morgan fingerprint density at radius 2 is 1.74 bits per heavy atom. The lowest BCUT2D eigenvalue weighted by Gasteiger charge is -2.17. The van der Waals surface area contributed by atoms with Crippen LogP contribution in [-0.4, -0.2) is 26.6 Å². The van der Waals surface area contributed by atoms with Gasteiger partial charge in [0.1, 0.15) is 5.56 Å². The van der Waals surface area contributed by atoms with Crippen LogP contribution in [0.25, 0.3) is 0 Å². The SMILES string of the molecule is Cc1cc(Cl)c(Oc2nnc(C(F)(F)F)c(C)c2C(=O)Nc2cccc(S(C)(=N)=O)c2)c(Cl)c1. The van der Waals surface area contributed by atoms with Crippen molar-refractivity contribution in [3.05, 3.63) is 68.8 Å². The van der Waals surface area contributed by atoms with Gasteiger partial charge in [-0.1, -0.05) is 29.3 Å². The highest BCUT2D eigenvalue weighted by Crippen LogP contribution is 2.40. The van der Waals surface area contributed by atoms with Crippen LogP contribution in [0.5, 0.6) is 11.6 Å². The van der Waals surface area contributed by atoms with Crippen LogP contribution in [0.15, 0.2) is 41.3 Å². The number of nitrogens with one attached hydrogen (secondary N) is 2. The Morgan fingerprint density at radius 3 is 2.29 bits per heavy atom. The number of anilines is 1. The number of rotatable bonds is 5. The Bertz CT molecular complexity index is 1370. The fourth-order valence-electron chi connectivity index (χ4n) is 3.00. The maximum Gasteiger partial charge on any atom is 0.435 e. The molecule has 0 fully saturated rings. The third-order valence-corrected chi connectivity index (χ3v) is 6.28. The zero-order valence-corrected chi connectivity index (χ0v) is 20.2. The molecule has 0 radical (unpaired) electrons. The predicted molar refractivity (Wildman–Crippen MR) is 122 cm³/mol. The molecule has 0 spiro atoms. The van der Waals surface area contributed by atoms with E-state index in [2.05, 4.69) is 15.5 Å². The summed E-state index contributed by atoms with van der Waals surface area (Å²) in [4.78, 5) is 13.2. The monoisotopic (exact) mass is 532 g/mol. The summed E-state index contributed by atoms with van der Waals surface area (Å²) in [5.74, 6) is -1.66. The standard InChI is InChI=1S/C21H17Cl2F3N4O3S/c1-10-7-14(22)17(15(23)8-10)33-20-16(11(2)18(29-30-20)21(24,25)26)19(31)28-12-5-4-6-13(9-12)34(3,27)32/h4-9,27H,1-3H3,(H,28,31). The summed E-state index contributed by atoms with van der Waals surface area (Å²) < 4.78 is 65.7. The fourth-order valence-corrected chi connectivity index (χ4v) is 4.36. The Kier molecular flexibility index (Phi) is 7.11. The molecule has 1 atom stereocenters. The molecule has 3 aromatic rings. The van der Waals surface area contributed by atoms with Gasteiger partial charge < -0.3 is 10.1 Å². The van der Waals surface area contributed by atoms with Gasteiger partial charge in [-0.3, -0.25) is 4.79 Å². The molecular weight excluding hydrogens is 516 g/mol. The van der Waals surface area contributed by atoms with Gasteiger partial charge in [0.15, 0.2) is 11.4 Å². The Hall–Kier alpha value is -2.89. The Labute approximate surface area is 203 Å². The first-order chi connectivity index (χ1) is 15.7. The van der Waals surface area contributed by atoms with E-state index in [4.69, 9.17) is 32.7 Å². The summed E-state index contributed by atoms with van der Waals surface area (Å²) in [6, 6.07) is 8.63. The van der Waals surface area contributed by atoms with E-state index in [0.717, 1.165) is 6.92 Å². The molecular formula is C21H17Cl2F3N4O3S. The van der Waals surface area contributed by atoms with Crippen molar-refractivity contribution in [1.29, 1.82) is 4.78 Å². The average molecular weight is 533 g/mol. The molecule has 13 heteroatoms. The lowest BCUT2D eigenvalue weighted by atomic mass is 10.1. The first kappa shape index (κ1) is 25.7. The number of alkyl halides is 3.